The van der Waals surface area contributed by atoms with Crippen LogP contribution in [-0.4, -0.2) is 22.6 Å². The van der Waals surface area contributed by atoms with Crippen LogP contribution in [0.4, 0.5) is 68.2 Å². The summed E-state index contributed by atoms with van der Waals surface area (Å²) >= 11 is 0. The van der Waals surface area contributed by atoms with Gasteiger partial charge in [0.05, 0.1) is 33.4 Å². The zero-order chi connectivity index (χ0) is 61.3. The fourth-order valence-corrected chi connectivity index (χ4v) is 17.1. The van der Waals surface area contributed by atoms with Crippen LogP contribution in [0.25, 0.3) is 76.5 Å². The molecule has 6 heterocycles. The van der Waals surface area contributed by atoms with Gasteiger partial charge in [0.2, 0.25) is 0 Å². The normalized spacial score (nSPS) is 13.4. The van der Waals surface area contributed by atoms with Gasteiger partial charge in [-0.3, -0.25) is 0 Å². The van der Waals surface area contributed by atoms with Crippen molar-refractivity contribution in [1.82, 2.24) is 9.13 Å². The van der Waals surface area contributed by atoms with Crippen LogP contribution in [0, 0.1) is 0 Å². The summed E-state index contributed by atoms with van der Waals surface area (Å²) in [5.41, 5.74) is 28.1. The lowest BCUT2D eigenvalue weighted by atomic mass is 9.30. The zero-order valence-electron chi connectivity index (χ0n) is 51.0. The summed E-state index contributed by atoms with van der Waals surface area (Å²) in [6, 6.07) is 123. The Morgan fingerprint density at radius 2 is 0.511 bits per heavy atom. The molecule has 6 nitrogen and oxygen atoms in total. The zero-order valence-corrected chi connectivity index (χ0v) is 51.0. The third-order valence-electron chi connectivity index (χ3n) is 20.7. The molecule has 17 aromatic rings. The molecule has 21 rings (SSSR count). The molecule has 0 unspecified atom stereocenters. The summed E-state index contributed by atoms with van der Waals surface area (Å²) in [5, 5.41) is 9.94. The molecule has 0 fully saturated rings. The molecule has 0 aliphatic carbocycles. The van der Waals surface area contributed by atoms with Gasteiger partial charge in [0.1, 0.15) is 0 Å². The van der Waals surface area contributed by atoms with Crippen molar-refractivity contribution in [3.8, 4) is 11.4 Å². The first kappa shape index (κ1) is 51.5. The lowest BCUT2D eigenvalue weighted by Gasteiger charge is -2.47. The van der Waals surface area contributed by atoms with Gasteiger partial charge in [-0.05, 0) is 170 Å². The van der Waals surface area contributed by atoms with Crippen LogP contribution in [0.5, 0.6) is 0 Å². The molecule has 0 amide bonds. The third kappa shape index (κ3) is 7.11. The van der Waals surface area contributed by atoms with E-state index in [1.807, 2.05) is 0 Å². The Hall–Kier alpha value is -12.3. The van der Waals surface area contributed by atoms with Gasteiger partial charge in [0.25, 0.3) is 13.4 Å². The van der Waals surface area contributed by atoms with Crippen molar-refractivity contribution >= 4 is 180 Å². The van der Waals surface area contributed by atoms with Gasteiger partial charge in [-0.25, -0.2) is 0 Å². The third-order valence-corrected chi connectivity index (χ3v) is 20.7. The molecule has 0 atom stereocenters. The van der Waals surface area contributed by atoms with E-state index in [1.165, 1.54) is 109 Å². The number of nitrogens with zero attached hydrogens (tertiary/aromatic N) is 6. The van der Waals surface area contributed by atoms with Gasteiger partial charge < -0.3 is 28.7 Å². The number of anilines is 12. The molecule has 434 valence electrons. The van der Waals surface area contributed by atoms with Gasteiger partial charge in [0.15, 0.2) is 0 Å². The van der Waals surface area contributed by atoms with E-state index in [0.717, 1.165) is 68.2 Å². The fraction of sp³-hybridized carbons (Fsp3) is 0. The predicted octanol–water partition coefficient (Wildman–Crippen LogP) is 18.4. The van der Waals surface area contributed by atoms with E-state index in [4.69, 9.17) is 0 Å². The summed E-state index contributed by atoms with van der Waals surface area (Å²) in [6.07, 6.45) is 0. The number of hydrogen-bond acceptors (Lipinski definition) is 4. The lowest BCUT2D eigenvalue weighted by molar-refractivity contribution is 1.16. The molecule has 8 heteroatoms. The Balaban J connectivity index is 0.891. The van der Waals surface area contributed by atoms with E-state index in [9.17, 15) is 0 Å². The molecular weight excluding hydrogens is 1140 g/mol. The Bertz CT molecular complexity index is 5680. The van der Waals surface area contributed by atoms with Crippen molar-refractivity contribution in [2.24, 2.45) is 0 Å². The highest BCUT2D eigenvalue weighted by Gasteiger charge is 2.49. The Morgan fingerprint density at radius 3 is 0.904 bits per heavy atom. The Morgan fingerprint density at radius 1 is 0.191 bits per heavy atom. The molecule has 4 aliphatic rings. The number of para-hydroxylation sites is 8. The largest absolute Gasteiger partial charge is 0.311 e. The highest BCUT2D eigenvalue weighted by atomic mass is 15.2. The molecule has 0 N–H and O–H groups in total. The van der Waals surface area contributed by atoms with Crippen LogP contribution in [0.15, 0.2) is 328 Å². The highest BCUT2D eigenvalue weighted by molar-refractivity contribution is 7.03. The fourth-order valence-electron chi connectivity index (χ4n) is 17.1. The van der Waals surface area contributed by atoms with Crippen LogP contribution >= 0.6 is 0 Å². The van der Waals surface area contributed by atoms with Crippen molar-refractivity contribution in [3.05, 3.63) is 328 Å². The number of fused-ring (bicyclic) bond motifs is 18. The summed E-state index contributed by atoms with van der Waals surface area (Å²) in [6.45, 7) is -0.311. The average molecular weight is 1190 g/mol. The minimum Gasteiger partial charge on any atom is -0.311 e. The molecule has 0 spiro atoms. The first-order valence-corrected chi connectivity index (χ1v) is 32.6. The monoisotopic (exact) mass is 1190 g/mol. The number of rotatable bonds is 6. The van der Waals surface area contributed by atoms with Gasteiger partial charge >= 0.3 is 0 Å². The second kappa shape index (κ2) is 19.6. The topological polar surface area (TPSA) is 22.8 Å². The Labute approximate surface area is 544 Å². The molecule has 2 aromatic heterocycles. The first-order valence-electron chi connectivity index (χ1n) is 32.6. The van der Waals surface area contributed by atoms with Crippen molar-refractivity contribution in [3.63, 3.8) is 0 Å². The van der Waals surface area contributed by atoms with E-state index < -0.39 is 0 Å². The standard InChI is InChI=1S/C86H54B2N6/c1-5-27-57(28-6-1)89-73-43-23-19-39-67(73)87-69-53-70-78(54-77(69)91(59-31-9-3-10-32-59)81-51-61(49-79(89)85(81)87)93-71-41-21-17-37-65(71)83-63-35-15-13-25-55(63)45-47-75(83)93)92(60-33-11-4-12-34-60)82-52-62(94-72-42-22-18-38-66(72)84-64-36-16-14-26-56(64)46-48-76(84)94)50-80-86(82)88(70)68-40-20-24-44-74(68)90(80)58-29-7-2-8-30-58/h1-54H. The molecule has 94 heavy (non-hydrogen) atoms. The second-order valence-corrected chi connectivity index (χ2v) is 25.5. The minimum atomic E-state index is -0.156. The summed E-state index contributed by atoms with van der Waals surface area (Å²) in [5.74, 6) is 0. The van der Waals surface area contributed by atoms with Crippen molar-refractivity contribution < 1.29 is 0 Å². The Kier molecular flexibility index (Phi) is 10.8. The molecule has 0 radical (unpaired) electrons. The summed E-state index contributed by atoms with van der Waals surface area (Å²) < 4.78 is 5.06. The quantitative estimate of drug-likeness (QED) is 0.155. The molecule has 4 aliphatic heterocycles. The van der Waals surface area contributed by atoms with Crippen LogP contribution in [-0.2, 0) is 0 Å². The second-order valence-electron chi connectivity index (χ2n) is 25.5. The van der Waals surface area contributed by atoms with Crippen molar-refractivity contribution in [2.75, 3.05) is 19.6 Å². The summed E-state index contributed by atoms with van der Waals surface area (Å²) in [7, 11) is 0. The number of benzene rings is 15. The van der Waals surface area contributed by atoms with Gasteiger partial charge in [-0.15, -0.1) is 0 Å². The summed E-state index contributed by atoms with van der Waals surface area (Å²) in [4.78, 5) is 10.3. The minimum absolute atomic E-state index is 0.156. The van der Waals surface area contributed by atoms with Crippen LogP contribution in [0.1, 0.15) is 0 Å². The highest BCUT2D eigenvalue weighted by Crippen LogP contribution is 2.51. The van der Waals surface area contributed by atoms with E-state index in [1.54, 1.807) is 0 Å². The van der Waals surface area contributed by atoms with E-state index in [2.05, 4.69) is 356 Å². The lowest BCUT2D eigenvalue weighted by Crippen LogP contribution is -2.65. The van der Waals surface area contributed by atoms with Gasteiger partial charge in [-0.2, -0.15) is 0 Å². The molecule has 0 saturated carbocycles. The van der Waals surface area contributed by atoms with Crippen LogP contribution in [0.2, 0.25) is 0 Å². The molecule has 0 bridgehead atoms. The van der Waals surface area contributed by atoms with Gasteiger partial charge in [0, 0.05) is 89.8 Å². The number of aromatic nitrogens is 2. The maximum atomic E-state index is 2.65. The van der Waals surface area contributed by atoms with E-state index in [-0.39, 0.29) is 13.4 Å². The average Bonchev–Trinajstić information content (AvgIpc) is 0.812. The number of hydrogen-bond donors (Lipinski definition) is 0. The van der Waals surface area contributed by atoms with Crippen LogP contribution < -0.4 is 52.4 Å². The molecule has 15 aromatic carbocycles. The maximum absolute atomic E-state index is 2.65. The van der Waals surface area contributed by atoms with E-state index in [0.29, 0.717) is 0 Å². The molecule has 0 saturated heterocycles. The van der Waals surface area contributed by atoms with Crippen LogP contribution in [0.3, 0.4) is 0 Å². The molecular formula is C86H54B2N6. The van der Waals surface area contributed by atoms with Crippen molar-refractivity contribution in [2.45, 2.75) is 0 Å². The first-order chi connectivity index (χ1) is 46.7. The maximum Gasteiger partial charge on any atom is 0.252 e. The van der Waals surface area contributed by atoms with Crippen molar-refractivity contribution in [1.29, 1.82) is 0 Å². The smallest absolute Gasteiger partial charge is 0.252 e. The van der Waals surface area contributed by atoms with E-state index >= 15 is 0 Å². The predicted molar refractivity (Wildman–Crippen MR) is 398 cm³/mol. The SMILES string of the molecule is c1ccc(N2c3ccccc3B3c4cc5c(cc4N(c4ccccc4)c4cc(-n6c7ccccc7c7c8ccccc8ccc76)cc2c43)N(c2ccccc2)c2cc(-n3c4ccccc4c4c6ccccc6ccc43)cc3c2B5c2ccccc2N3c2ccccc2)cc1. The van der Waals surface area contributed by atoms with Gasteiger partial charge in [-0.1, -0.05) is 212 Å².